The second kappa shape index (κ2) is 8.54. The third-order valence-electron chi connectivity index (χ3n) is 3.23. The van der Waals surface area contributed by atoms with E-state index < -0.39 is 16.1 Å². The lowest BCUT2D eigenvalue weighted by Gasteiger charge is -2.09. The molecule has 0 spiro atoms. The number of aryl methyl sites for hydroxylation is 1. The van der Waals surface area contributed by atoms with Crippen LogP contribution in [0.15, 0.2) is 41.6 Å². The number of aromatic nitrogens is 2. The largest absolute Gasteiger partial charge is 0.332 e. The molecule has 0 saturated carbocycles. The zero-order valence-electron chi connectivity index (χ0n) is 14.1. The molecule has 2 aromatic rings. The van der Waals surface area contributed by atoms with Gasteiger partial charge < -0.3 is 10.6 Å². The van der Waals surface area contributed by atoms with E-state index in [0.717, 1.165) is 5.69 Å². The van der Waals surface area contributed by atoms with E-state index in [1.54, 1.807) is 12.4 Å². The lowest BCUT2D eigenvalue weighted by molar-refractivity contribution is 0.251. The highest BCUT2D eigenvalue weighted by atomic mass is 32.2. The molecule has 1 aromatic heterocycles. The van der Waals surface area contributed by atoms with Gasteiger partial charge in [-0.05, 0) is 37.6 Å². The molecule has 1 heterocycles. The number of sulfonamides is 1. The average Bonchev–Trinajstić information content (AvgIpc) is 2.60. The Labute approximate surface area is 147 Å². The van der Waals surface area contributed by atoms with Crippen molar-refractivity contribution in [1.82, 2.24) is 20.0 Å². The van der Waals surface area contributed by atoms with Gasteiger partial charge in [0.1, 0.15) is 0 Å². The molecular formula is C16H21N5O3S. The van der Waals surface area contributed by atoms with Crippen LogP contribution in [0.4, 0.5) is 10.5 Å². The molecule has 25 heavy (non-hydrogen) atoms. The molecule has 0 radical (unpaired) electrons. The highest BCUT2D eigenvalue weighted by Crippen LogP contribution is 2.14. The first-order valence-electron chi connectivity index (χ1n) is 7.83. The second-order valence-electron chi connectivity index (χ2n) is 5.38. The van der Waals surface area contributed by atoms with Gasteiger partial charge in [0, 0.05) is 18.4 Å². The molecule has 0 aliphatic heterocycles. The van der Waals surface area contributed by atoms with E-state index in [1.807, 2.05) is 13.8 Å². The summed E-state index contributed by atoms with van der Waals surface area (Å²) in [5, 5.41) is 5.29. The van der Waals surface area contributed by atoms with Crippen LogP contribution in [0.5, 0.6) is 0 Å². The van der Waals surface area contributed by atoms with Gasteiger partial charge in [-0.2, -0.15) is 0 Å². The Kier molecular flexibility index (Phi) is 6.43. The summed E-state index contributed by atoms with van der Waals surface area (Å²) in [7, 11) is -3.51. The molecule has 0 aliphatic rings. The fourth-order valence-electron chi connectivity index (χ4n) is 1.89. The second-order valence-corrected chi connectivity index (χ2v) is 7.15. The number of amides is 2. The molecule has 8 nitrogen and oxygen atoms in total. The van der Waals surface area contributed by atoms with Crippen LogP contribution in [-0.4, -0.2) is 31.0 Å². The van der Waals surface area contributed by atoms with Crippen LogP contribution in [0, 0.1) is 6.92 Å². The highest BCUT2D eigenvalue weighted by molar-refractivity contribution is 7.89. The van der Waals surface area contributed by atoms with Gasteiger partial charge >= 0.3 is 6.03 Å². The van der Waals surface area contributed by atoms with Gasteiger partial charge in [0.2, 0.25) is 10.0 Å². The first kappa shape index (κ1) is 18.8. The maximum Gasteiger partial charge on any atom is 0.319 e. The molecule has 0 aliphatic carbocycles. The first-order valence-corrected chi connectivity index (χ1v) is 9.31. The molecule has 0 saturated heterocycles. The van der Waals surface area contributed by atoms with Crippen LogP contribution < -0.4 is 15.4 Å². The van der Waals surface area contributed by atoms with Gasteiger partial charge in [-0.15, -0.1) is 0 Å². The molecule has 3 N–H and O–H groups in total. The number of carbonyl (C=O) groups excluding carboxylic acids is 1. The van der Waals surface area contributed by atoms with Crippen LogP contribution in [0.1, 0.15) is 24.7 Å². The number of rotatable bonds is 7. The molecule has 0 bridgehead atoms. The maximum absolute atomic E-state index is 12.0. The van der Waals surface area contributed by atoms with Crippen molar-refractivity contribution in [2.75, 3.05) is 11.9 Å². The zero-order chi connectivity index (χ0) is 18.3. The summed E-state index contributed by atoms with van der Waals surface area (Å²) >= 11 is 0. The zero-order valence-corrected chi connectivity index (χ0v) is 14.9. The standard InChI is InChI=1S/C16H21N5O3S/c1-3-8-20-25(23,24)15-6-4-13(5-7-15)21-16(22)19-11-14-10-17-12(2)9-18-14/h4-7,9-10,20H,3,8,11H2,1-2H3,(H2,19,21,22). The van der Waals surface area contributed by atoms with Crippen molar-refractivity contribution in [1.29, 1.82) is 0 Å². The van der Waals surface area contributed by atoms with Gasteiger partial charge in [0.05, 0.1) is 29.0 Å². The summed E-state index contributed by atoms with van der Waals surface area (Å²) in [4.78, 5) is 20.3. The van der Waals surface area contributed by atoms with Gasteiger partial charge in [-0.25, -0.2) is 17.9 Å². The van der Waals surface area contributed by atoms with Crippen LogP contribution >= 0.6 is 0 Å². The third kappa shape index (κ3) is 5.80. The minimum atomic E-state index is -3.51. The SMILES string of the molecule is CCCNS(=O)(=O)c1ccc(NC(=O)NCc2cnc(C)cn2)cc1. The van der Waals surface area contributed by atoms with Crippen LogP contribution in [0.3, 0.4) is 0 Å². The van der Waals surface area contributed by atoms with E-state index in [4.69, 9.17) is 0 Å². The number of urea groups is 1. The fraction of sp³-hybridized carbons (Fsp3) is 0.312. The van der Waals surface area contributed by atoms with Crippen molar-refractivity contribution >= 4 is 21.7 Å². The van der Waals surface area contributed by atoms with E-state index >= 15 is 0 Å². The lowest BCUT2D eigenvalue weighted by Crippen LogP contribution is -2.28. The average molecular weight is 363 g/mol. The minimum absolute atomic E-state index is 0.154. The van der Waals surface area contributed by atoms with Crippen molar-refractivity contribution < 1.29 is 13.2 Å². The van der Waals surface area contributed by atoms with Crippen LogP contribution in [-0.2, 0) is 16.6 Å². The van der Waals surface area contributed by atoms with E-state index in [9.17, 15) is 13.2 Å². The monoisotopic (exact) mass is 363 g/mol. The molecule has 2 amide bonds. The minimum Gasteiger partial charge on any atom is -0.332 e. The quantitative estimate of drug-likeness (QED) is 0.694. The Morgan fingerprint density at radius 2 is 1.84 bits per heavy atom. The summed E-state index contributed by atoms with van der Waals surface area (Å²) < 4.78 is 26.5. The van der Waals surface area contributed by atoms with Crippen molar-refractivity contribution in [3.63, 3.8) is 0 Å². The molecule has 2 rings (SSSR count). The number of benzene rings is 1. The topological polar surface area (TPSA) is 113 Å². The smallest absolute Gasteiger partial charge is 0.319 e. The summed E-state index contributed by atoms with van der Waals surface area (Å²) in [6.45, 7) is 4.34. The maximum atomic E-state index is 12.0. The Balaban J connectivity index is 1.89. The van der Waals surface area contributed by atoms with Gasteiger partial charge in [-0.1, -0.05) is 6.92 Å². The normalized spacial score (nSPS) is 11.1. The Morgan fingerprint density at radius 3 is 2.44 bits per heavy atom. The molecule has 1 aromatic carbocycles. The molecule has 0 fully saturated rings. The lowest BCUT2D eigenvalue weighted by atomic mass is 10.3. The van der Waals surface area contributed by atoms with Crippen molar-refractivity contribution in [3.05, 3.63) is 48.0 Å². The van der Waals surface area contributed by atoms with Crippen molar-refractivity contribution in [2.24, 2.45) is 0 Å². The Bertz CT molecular complexity index is 805. The van der Waals surface area contributed by atoms with Crippen LogP contribution in [0.25, 0.3) is 0 Å². The Hall–Kier alpha value is -2.52. The number of anilines is 1. The number of nitrogens with one attached hydrogen (secondary N) is 3. The fourth-order valence-corrected chi connectivity index (χ4v) is 3.03. The summed E-state index contributed by atoms with van der Waals surface area (Å²) in [6, 6.07) is 5.54. The summed E-state index contributed by atoms with van der Waals surface area (Å²) in [5.74, 6) is 0. The van der Waals surface area contributed by atoms with E-state index in [0.29, 0.717) is 24.3 Å². The van der Waals surface area contributed by atoms with Crippen LogP contribution in [0.2, 0.25) is 0 Å². The van der Waals surface area contributed by atoms with E-state index in [1.165, 1.54) is 24.3 Å². The number of hydrogen-bond donors (Lipinski definition) is 3. The highest BCUT2D eigenvalue weighted by Gasteiger charge is 2.12. The predicted octanol–water partition coefficient (Wildman–Crippen LogP) is 1.80. The van der Waals surface area contributed by atoms with Crippen molar-refractivity contribution in [2.45, 2.75) is 31.7 Å². The number of carbonyl (C=O) groups is 1. The number of hydrogen-bond acceptors (Lipinski definition) is 5. The Morgan fingerprint density at radius 1 is 1.12 bits per heavy atom. The number of nitrogens with zero attached hydrogens (tertiary/aromatic N) is 2. The third-order valence-corrected chi connectivity index (χ3v) is 4.71. The summed E-state index contributed by atoms with van der Waals surface area (Å²) in [5.41, 5.74) is 1.93. The van der Waals surface area contributed by atoms with Gasteiger partial charge in [0.25, 0.3) is 0 Å². The van der Waals surface area contributed by atoms with Crippen molar-refractivity contribution in [3.8, 4) is 0 Å². The molecule has 0 atom stereocenters. The molecule has 0 unspecified atom stereocenters. The molecule has 134 valence electrons. The molecule has 9 heteroatoms. The van der Waals surface area contributed by atoms with Gasteiger partial charge in [0.15, 0.2) is 0 Å². The van der Waals surface area contributed by atoms with Gasteiger partial charge in [-0.3, -0.25) is 9.97 Å². The predicted molar refractivity (Wildman–Crippen MR) is 94.5 cm³/mol. The van der Waals surface area contributed by atoms with E-state index in [2.05, 4.69) is 25.3 Å². The summed E-state index contributed by atoms with van der Waals surface area (Å²) in [6.07, 6.45) is 3.93. The van der Waals surface area contributed by atoms with E-state index in [-0.39, 0.29) is 11.4 Å². The molecular weight excluding hydrogens is 342 g/mol. The first-order chi connectivity index (χ1) is 11.9.